The zero-order valence-corrected chi connectivity index (χ0v) is 19.9. The normalized spacial score (nSPS) is 15.0. The number of carbonyl (C=O) groups is 2. The Morgan fingerprint density at radius 3 is 2.58 bits per heavy atom. The fourth-order valence-corrected chi connectivity index (χ4v) is 4.49. The van der Waals surface area contributed by atoms with Crippen molar-refractivity contribution in [1.29, 1.82) is 0 Å². The van der Waals surface area contributed by atoms with Gasteiger partial charge in [-0.1, -0.05) is 40.9 Å². The highest BCUT2D eigenvalue weighted by molar-refractivity contribution is 7.98. The highest BCUT2D eigenvalue weighted by Crippen LogP contribution is 2.27. The van der Waals surface area contributed by atoms with Crippen molar-refractivity contribution < 1.29 is 9.59 Å². The Balaban J connectivity index is 1.64. The Labute approximate surface area is 197 Å². The molecule has 3 rings (SSSR count). The van der Waals surface area contributed by atoms with E-state index in [4.69, 9.17) is 23.2 Å². The van der Waals surface area contributed by atoms with E-state index >= 15 is 0 Å². The molecule has 1 aromatic carbocycles. The van der Waals surface area contributed by atoms with Crippen molar-refractivity contribution in [2.75, 3.05) is 43.1 Å². The second kappa shape index (κ2) is 11.1. The first-order valence-corrected chi connectivity index (χ1v) is 12.2. The summed E-state index contributed by atoms with van der Waals surface area (Å²) in [7, 11) is 0. The third-order valence-corrected chi connectivity index (χ3v) is 6.30. The van der Waals surface area contributed by atoms with Gasteiger partial charge >= 0.3 is 0 Å². The first kappa shape index (κ1) is 23.7. The summed E-state index contributed by atoms with van der Waals surface area (Å²) in [6, 6.07) is 8.49. The standard InChI is InChI=1S/C22H26Cl2N4O2S/c1-15-4-3-5-16(12-15)21(29)26-19(6-11-31-2)22(30)28-9-7-27(8-10-28)20-18(24)13-17(23)14-25-20/h3-5,12-14,19H,6-11H2,1-2H3,(H,26,29). The number of pyridine rings is 1. The summed E-state index contributed by atoms with van der Waals surface area (Å²) >= 11 is 13.9. The minimum Gasteiger partial charge on any atom is -0.352 e. The molecule has 31 heavy (non-hydrogen) atoms. The number of hydrogen-bond donors (Lipinski definition) is 1. The lowest BCUT2D eigenvalue weighted by Crippen LogP contribution is -2.55. The van der Waals surface area contributed by atoms with Gasteiger partial charge in [0.25, 0.3) is 5.91 Å². The molecule has 0 radical (unpaired) electrons. The maximum atomic E-state index is 13.2. The van der Waals surface area contributed by atoms with Crippen molar-refractivity contribution in [1.82, 2.24) is 15.2 Å². The van der Waals surface area contributed by atoms with Gasteiger partial charge in [0.1, 0.15) is 11.9 Å². The quantitative estimate of drug-likeness (QED) is 0.650. The van der Waals surface area contributed by atoms with E-state index in [1.54, 1.807) is 30.1 Å². The van der Waals surface area contributed by atoms with Crippen molar-refractivity contribution in [2.24, 2.45) is 0 Å². The number of rotatable bonds is 7. The lowest BCUT2D eigenvalue weighted by Gasteiger charge is -2.37. The fraction of sp³-hybridized carbons (Fsp3) is 0.409. The van der Waals surface area contributed by atoms with Crippen LogP contribution in [0.1, 0.15) is 22.3 Å². The summed E-state index contributed by atoms with van der Waals surface area (Å²) in [4.78, 5) is 34.1. The number of aryl methyl sites for hydroxylation is 1. The van der Waals surface area contributed by atoms with Gasteiger partial charge in [0.05, 0.1) is 10.0 Å². The first-order chi connectivity index (χ1) is 14.9. The van der Waals surface area contributed by atoms with Gasteiger partial charge in [-0.3, -0.25) is 9.59 Å². The largest absolute Gasteiger partial charge is 0.352 e. The molecule has 1 unspecified atom stereocenters. The molecular formula is C22H26Cl2N4O2S. The Kier molecular flexibility index (Phi) is 8.46. The molecule has 2 aromatic rings. The number of anilines is 1. The van der Waals surface area contributed by atoms with Gasteiger partial charge in [-0.15, -0.1) is 0 Å². The summed E-state index contributed by atoms with van der Waals surface area (Å²) in [6.07, 6.45) is 4.15. The van der Waals surface area contributed by atoms with Crippen LogP contribution in [0.2, 0.25) is 10.0 Å². The number of thioether (sulfide) groups is 1. The lowest BCUT2D eigenvalue weighted by molar-refractivity contribution is -0.133. The molecule has 9 heteroatoms. The summed E-state index contributed by atoms with van der Waals surface area (Å²) < 4.78 is 0. The Morgan fingerprint density at radius 2 is 1.94 bits per heavy atom. The third kappa shape index (κ3) is 6.28. The van der Waals surface area contributed by atoms with Crippen molar-refractivity contribution in [3.8, 4) is 0 Å². The topological polar surface area (TPSA) is 65.5 Å². The Bertz CT molecular complexity index is 935. The van der Waals surface area contributed by atoms with Crippen LogP contribution in [-0.2, 0) is 4.79 Å². The van der Waals surface area contributed by atoms with E-state index in [9.17, 15) is 9.59 Å². The van der Waals surface area contributed by atoms with Gasteiger partial charge in [-0.2, -0.15) is 11.8 Å². The third-order valence-electron chi connectivity index (χ3n) is 5.17. The molecule has 1 saturated heterocycles. The molecular weight excluding hydrogens is 455 g/mol. The number of nitrogens with one attached hydrogen (secondary N) is 1. The van der Waals surface area contributed by atoms with E-state index in [1.165, 1.54) is 0 Å². The Morgan fingerprint density at radius 1 is 1.19 bits per heavy atom. The minimum atomic E-state index is -0.552. The molecule has 1 aliphatic rings. The molecule has 0 bridgehead atoms. The molecule has 1 atom stereocenters. The average Bonchev–Trinajstić information content (AvgIpc) is 2.76. The van der Waals surface area contributed by atoms with E-state index in [2.05, 4.69) is 10.3 Å². The molecule has 1 N–H and O–H groups in total. The summed E-state index contributed by atoms with van der Waals surface area (Å²) in [6.45, 7) is 4.24. The summed E-state index contributed by atoms with van der Waals surface area (Å²) in [5.74, 6) is 1.18. The maximum absolute atomic E-state index is 13.2. The monoisotopic (exact) mass is 480 g/mol. The molecule has 0 aliphatic carbocycles. The van der Waals surface area contributed by atoms with Crippen LogP contribution in [-0.4, -0.2) is 65.9 Å². The van der Waals surface area contributed by atoms with Crippen molar-refractivity contribution in [3.05, 3.63) is 57.7 Å². The van der Waals surface area contributed by atoms with Crippen molar-refractivity contribution in [2.45, 2.75) is 19.4 Å². The van der Waals surface area contributed by atoms with Gasteiger partial charge in [0.2, 0.25) is 5.91 Å². The van der Waals surface area contributed by atoms with Gasteiger partial charge in [-0.25, -0.2) is 4.98 Å². The minimum absolute atomic E-state index is 0.0511. The van der Waals surface area contributed by atoms with Gasteiger partial charge in [0, 0.05) is 37.9 Å². The molecule has 166 valence electrons. The SMILES string of the molecule is CSCCC(NC(=O)c1cccc(C)c1)C(=O)N1CCN(c2ncc(Cl)cc2Cl)CC1. The van der Waals surface area contributed by atoms with E-state index in [0.29, 0.717) is 54.0 Å². The number of halogens is 2. The predicted octanol–water partition coefficient (Wildman–Crippen LogP) is 3.90. The predicted molar refractivity (Wildman–Crippen MR) is 128 cm³/mol. The highest BCUT2D eigenvalue weighted by Gasteiger charge is 2.29. The summed E-state index contributed by atoms with van der Waals surface area (Å²) in [5, 5.41) is 3.93. The highest BCUT2D eigenvalue weighted by atomic mass is 35.5. The molecule has 2 heterocycles. The molecule has 1 aliphatic heterocycles. The smallest absolute Gasteiger partial charge is 0.251 e. The molecule has 6 nitrogen and oxygen atoms in total. The number of amides is 2. The zero-order valence-electron chi connectivity index (χ0n) is 17.6. The van der Waals surface area contributed by atoms with Crippen LogP contribution in [0.15, 0.2) is 36.5 Å². The number of hydrogen-bond acceptors (Lipinski definition) is 5. The fourth-order valence-electron chi connectivity index (χ4n) is 3.52. The average molecular weight is 481 g/mol. The molecule has 0 spiro atoms. The van der Waals surface area contributed by atoms with E-state index in [1.807, 2.05) is 41.2 Å². The van der Waals surface area contributed by atoms with Crippen molar-refractivity contribution in [3.63, 3.8) is 0 Å². The van der Waals surface area contributed by atoms with Crippen LogP contribution in [0.3, 0.4) is 0 Å². The van der Waals surface area contributed by atoms with Gasteiger partial charge in [-0.05, 0) is 43.6 Å². The van der Waals surface area contributed by atoms with Crippen LogP contribution in [0.25, 0.3) is 0 Å². The maximum Gasteiger partial charge on any atom is 0.251 e. The van der Waals surface area contributed by atoms with Crippen molar-refractivity contribution >= 4 is 52.6 Å². The molecule has 1 fully saturated rings. The number of benzene rings is 1. The number of aromatic nitrogens is 1. The zero-order chi connectivity index (χ0) is 22.4. The molecule has 2 amide bonds. The second-order valence-corrected chi connectivity index (χ2v) is 9.28. The lowest BCUT2D eigenvalue weighted by atomic mass is 10.1. The van der Waals surface area contributed by atoms with Crippen LogP contribution in [0, 0.1) is 6.92 Å². The van der Waals surface area contributed by atoms with E-state index in [0.717, 1.165) is 11.3 Å². The Hall–Kier alpha value is -1.96. The van der Waals surface area contributed by atoms with E-state index in [-0.39, 0.29) is 11.8 Å². The first-order valence-electron chi connectivity index (χ1n) is 10.1. The number of carbonyl (C=O) groups excluding carboxylic acids is 2. The van der Waals surface area contributed by atoms with Gasteiger partial charge in [0.15, 0.2) is 0 Å². The molecule has 0 saturated carbocycles. The second-order valence-electron chi connectivity index (χ2n) is 7.45. The van der Waals surface area contributed by atoms with E-state index < -0.39 is 6.04 Å². The summed E-state index contributed by atoms with van der Waals surface area (Å²) in [5.41, 5.74) is 1.57. The van der Waals surface area contributed by atoms with Crippen LogP contribution < -0.4 is 10.2 Å². The number of piperazine rings is 1. The number of nitrogens with zero attached hydrogens (tertiary/aromatic N) is 3. The van der Waals surface area contributed by atoms with Crippen LogP contribution in [0.4, 0.5) is 5.82 Å². The molecule has 1 aromatic heterocycles. The van der Waals surface area contributed by atoms with Gasteiger partial charge < -0.3 is 15.1 Å². The van der Waals surface area contributed by atoms with Crippen LogP contribution in [0.5, 0.6) is 0 Å². The van der Waals surface area contributed by atoms with Crippen LogP contribution >= 0.6 is 35.0 Å².